The highest BCUT2D eigenvalue weighted by Crippen LogP contribution is 2.43. The first-order chi connectivity index (χ1) is 17.1. The molecule has 12 heteroatoms. The van der Waals surface area contributed by atoms with Crippen molar-refractivity contribution in [2.45, 2.75) is 103 Å². The quantitative estimate of drug-likeness (QED) is 0.0649. The molecule has 0 aromatic heterocycles. The number of hydrogen-bond donors (Lipinski definition) is 4. The zero-order chi connectivity index (χ0) is 27.2. The van der Waals surface area contributed by atoms with Crippen molar-refractivity contribution in [3.63, 3.8) is 0 Å². The number of phosphoric ester groups is 1. The van der Waals surface area contributed by atoms with E-state index in [2.05, 4.69) is 33.4 Å². The Morgan fingerprint density at radius 1 is 0.861 bits per heavy atom. The van der Waals surface area contributed by atoms with E-state index in [1.54, 1.807) is 0 Å². The average Bonchev–Trinajstić information content (AvgIpc) is 2.83. The first kappa shape index (κ1) is 34.2. The Morgan fingerprint density at radius 2 is 1.50 bits per heavy atom. The highest BCUT2D eigenvalue weighted by molar-refractivity contribution is 7.47. The normalized spacial score (nSPS) is 14.8. The topological polar surface area (TPSA) is 169 Å². The van der Waals surface area contributed by atoms with Gasteiger partial charge < -0.3 is 25.2 Å². The van der Waals surface area contributed by atoms with Crippen LogP contribution in [0, 0.1) is 0 Å². The van der Waals surface area contributed by atoms with Crippen molar-refractivity contribution in [3.05, 3.63) is 12.2 Å². The van der Waals surface area contributed by atoms with E-state index in [4.69, 9.17) is 9.84 Å². The highest BCUT2D eigenvalue weighted by Gasteiger charge is 2.28. The summed E-state index contributed by atoms with van der Waals surface area (Å²) >= 11 is 0. The predicted octanol–water partition coefficient (Wildman–Crippen LogP) is 3.87. The van der Waals surface area contributed by atoms with Gasteiger partial charge in [-0.3, -0.25) is 18.6 Å². The van der Waals surface area contributed by atoms with Crippen molar-refractivity contribution in [2.24, 2.45) is 0 Å². The number of unbranched alkanes of at least 4 members (excludes halogenated alkanes) is 7. The fourth-order valence-corrected chi connectivity index (χ4v) is 3.71. The zero-order valence-corrected chi connectivity index (χ0v) is 22.5. The van der Waals surface area contributed by atoms with Crippen LogP contribution in [0.25, 0.3) is 0 Å². The van der Waals surface area contributed by atoms with Crippen LogP contribution in [0.4, 0.5) is 0 Å². The van der Waals surface area contributed by atoms with Gasteiger partial charge >= 0.3 is 19.8 Å². The van der Waals surface area contributed by atoms with E-state index < -0.39 is 57.6 Å². The van der Waals surface area contributed by atoms with E-state index in [-0.39, 0.29) is 12.8 Å². The van der Waals surface area contributed by atoms with E-state index in [0.29, 0.717) is 12.8 Å². The summed E-state index contributed by atoms with van der Waals surface area (Å²) in [5, 5.41) is 21.2. The average molecular weight is 538 g/mol. The van der Waals surface area contributed by atoms with Crippen molar-refractivity contribution < 1.29 is 47.8 Å². The molecule has 0 fully saturated rings. The fourth-order valence-electron chi connectivity index (χ4n) is 2.94. The van der Waals surface area contributed by atoms with Crippen molar-refractivity contribution in [3.8, 4) is 0 Å². The number of hydrogen-bond acceptors (Lipinski definition) is 8. The summed E-state index contributed by atoms with van der Waals surface area (Å²) in [7, 11) is -4.71. The molecule has 11 nitrogen and oxygen atoms in total. The third-order valence-corrected chi connectivity index (χ3v) is 5.99. The van der Waals surface area contributed by atoms with Crippen LogP contribution in [0.3, 0.4) is 0 Å². The van der Waals surface area contributed by atoms with E-state index in [9.17, 15) is 28.9 Å². The minimum atomic E-state index is -4.71. The van der Waals surface area contributed by atoms with Crippen LogP contribution in [0.15, 0.2) is 12.2 Å². The molecule has 0 radical (unpaired) electrons. The molecule has 0 aliphatic heterocycles. The molecule has 1 amide bonds. The molecule has 3 unspecified atom stereocenters. The van der Waals surface area contributed by atoms with Crippen molar-refractivity contribution in [1.82, 2.24) is 5.32 Å². The summed E-state index contributed by atoms with van der Waals surface area (Å²) in [6.45, 7) is 2.12. The van der Waals surface area contributed by atoms with Gasteiger partial charge in [-0.25, -0.2) is 9.36 Å². The van der Waals surface area contributed by atoms with Gasteiger partial charge in [0.1, 0.15) is 12.7 Å². The van der Waals surface area contributed by atoms with Gasteiger partial charge in [-0.05, 0) is 32.1 Å². The van der Waals surface area contributed by atoms with Crippen molar-refractivity contribution in [2.75, 3.05) is 19.8 Å². The largest absolute Gasteiger partial charge is 0.480 e. The fraction of sp³-hybridized carbons (Fsp3) is 0.792. The summed E-state index contributed by atoms with van der Waals surface area (Å²) in [6, 6.07) is -1.54. The van der Waals surface area contributed by atoms with Crippen LogP contribution in [0.5, 0.6) is 0 Å². The molecule has 0 aliphatic carbocycles. The lowest BCUT2D eigenvalue weighted by Gasteiger charge is -2.18. The third kappa shape index (κ3) is 20.4. The number of amides is 1. The first-order valence-electron chi connectivity index (χ1n) is 12.7. The Balaban J connectivity index is 4.03. The third-order valence-electron chi connectivity index (χ3n) is 5.04. The Morgan fingerprint density at radius 3 is 2.17 bits per heavy atom. The number of rotatable bonds is 23. The molecule has 0 spiro atoms. The minimum Gasteiger partial charge on any atom is -0.480 e. The maximum absolute atomic E-state index is 11.9. The smallest absolute Gasteiger partial charge is 0.472 e. The Kier molecular flexibility index (Phi) is 20.3. The van der Waals surface area contributed by atoms with Gasteiger partial charge in [-0.2, -0.15) is 0 Å². The Hall–Kier alpha value is -1.78. The van der Waals surface area contributed by atoms with E-state index >= 15 is 0 Å². The second-order valence-electron chi connectivity index (χ2n) is 8.53. The molecule has 0 bridgehead atoms. The zero-order valence-electron chi connectivity index (χ0n) is 21.6. The van der Waals surface area contributed by atoms with Gasteiger partial charge in [-0.15, -0.1) is 0 Å². The summed E-state index contributed by atoms with van der Waals surface area (Å²) in [5.74, 6) is -2.44. The Labute approximate surface area is 214 Å². The van der Waals surface area contributed by atoms with Crippen LogP contribution in [0.1, 0.15) is 90.9 Å². The standard InChI is InChI=1S/C24H44NO10P/c1-3-5-7-8-9-10-11-12-13-14-16-23(28)33-17-20(26)18-34-36(31,32)35-19-21(24(29)30)25-22(27)15-6-4-2/h7-8,20-21,26H,3-6,9-19H2,1-2H3,(H,25,27)(H,29,30)(H,31,32)/b8-7-. The summed E-state index contributed by atoms with van der Waals surface area (Å²) < 4.78 is 26.1. The molecule has 3 atom stereocenters. The molecule has 0 heterocycles. The number of ether oxygens (including phenoxy) is 1. The number of aliphatic hydroxyl groups is 1. The van der Waals surface area contributed by atoms with Gasteiger partial charge in [0, 0.05) is 12.8 Å². The first-order valence-corrected chi connectivity index (χ1v) is 14.2. The molecular weight excluding hydrogens is 493 g/mol. The number of allylic oxidation sites excluding steroid dienone is 2. The summed E-state index contributed by atoms with van der Waals surface area (Å²) in [5.41, 5.74) is 0. The Bertz CT molecular complexity index is 700. The molecule has 0 aromatic carbocycles. The number of carboxylic acids is 1. The second-order valence-corrected chi connectivity index (χ2v) is 9.98. The number of phosphoric acid groups is 1. The summed E-state index contributed by atoms with van der Waals surface area (Å²) in [4.78, 5) is 44.4. The van der Waals surface area contributed by atoms with Gasteiger partial charge in [0.05, 0.1) is 13.2 Å². The number of aliphatic hydroxyl groups excluding tert-OH is 1. The highest BCUT2D eigenvalue weighted by atomic mass is 31.2. The number of carbonyl (C=O) groups excluding carboxylic acids is 2. The summed E-state index contributed by atoms with van der Waals surface area (Å²) in [6.07, 6.45) is 12.9. The van der Waals surface area contributed by atoms with Crippen molar-refractivity contribution >= 4 is 25.7 Å². The lowest BCUT2D eigenvalue weighted by molar-refractivity contribution is -0.147. The number of carbonyl (C=O) groups is 3. The van der Waals surface area contributed by atoms with Crippen LogP contribution in [-0.4, -0.2) is 64.9 Å². The number of esters is 1. The monoisotopic (exact) mass is 537 g/mol. The lowest BCUT2D eigenvalue weighted by atomic mass is 10.1. The van der Waals surface area contributed by atoms with Crippen LogP contribution >= 0.6 is 7.82 Å². The maximum Gasteiger partial charge on any atom is 0.472 e. The number of carboxylic acid groups (broad SMARTS) is 1. The van der Waals surface area contributed by atoms with E-state index in [1.807, 2.05) is 6.92 Å². The predicted molar refractivity (Wildman–Crippen MR) is 134 cm³/mol. The minimum absolute atomic E-state index is 0.121. The van der Waals surface area contributed by atoms with Gasteiger partial charge in [-0.1, -0.05) is 58.1 Å². The molecule has 4 N–H and O–H groups in total. The maximum atomic E-state index is 11.9. The second kappa shape index (κ2) is 21.3. The molecule has 36 heavy (non-hydrogen) atoms. The van der Waals surface area contributed by atoms with Gasteiger partial charge in [0.25, 0.3) is 0 Å². The molecule has 0 saturated carbocycles. The van der Waals surface area contributed by atoms with Crippen molar-refractivity contribution in [1.29, 1.82) is 0 Å². The molecule has 0 aliphatic rings. The van der Waals surface area contributed by atoms with Gasteiger partial charge in [0.15, 0.2) is 6.04 Å². The number of aliphatic carboxylic acids is 1. The lowest BCUT2D eigenvalue weighted by Crippen LogP contribution is -2.43. The molecule has 0 aromatic rings. The van der Waals surface area contributed by atoms with Crippen LogP contribution in [-0.2, 0) is 32.7 Å². The molecular formula is C24H44NO10P. The van der Waals surface area contributed by atoms with Crippen LogP contribution in [0.2, 0.25) is 0 Å². The van der Waals surface area contributed by atoms with Crippen LogP contribution < -0.4 is 5.32 Å². The van der Waals surface area contributed by atoms with Gasteiger partial charge in [0.2, 0.25) is 5.91 Å². The van der Waals surface area contributed by atoms with E-state index in [1.165, 1.54) is 0 Å². The number of nitrogens with one attached hydrogen (secondary N) is 1. The SMILES string of the molecule is CCC/C=C\CCCCCCCC(=O)OCC(O)COP(=O)(O)OCC(NC(=O)CCCC)C(=O)O. The molecule has 0 saturated heterocycles. The molecule has 210 valence electrons. The molecule has 0 rings (SSSR count). The van der Waals surface area contributed by atoms with E-state index in [0.717, 1.165) is 51.4 Å².